The number of carbonyl (C=O) groups excluding carboxylic acids is 1. The van der Waals surface area contributed by atoms with Gasteiger partial charge in [-0.2, -0.15) is 4.31 Å². The number of benzene rings is 2. The Kier molecular flexibility index (Phi) is 4.41. The molecule has 1 heterocycles. The van der Waals surface area contributed by atoms with E-state index in [0.717, 1.165) is 5.56 Å². The lowest BCUT2D eigenvalue weighted by Gasteiger charge is -2.21. The molecular weight excluding hydrogens is 388 g/mol. The van der Waals surface area contributed by atoms with E-state index >= 15 is 0 Å². The third-order valence-electron chi connectivity index (χ3n) is 5.27. The lowest BCUT2D eigenvalue weighted by Crippen LogP contribution is -2.41. The largest absolute Gasteiger partial charge is 0.495 e. The number of nitrogens with one attached hydrogen (secondary N) is 1. The Morgan fingerprint density at radius 3 is 2.70 bits per heavy atom. The molecule has 1 aliphatic carbocycles. The number of sulfonamides is 1. The van der Waals surface area contributed by atoms with E-state index in [1.807, 2.05) is 30.3 Å². The van der Waals surface area contributed by atoms with Crippen LogP contribution in [0.2, 0.25) is 5.02 Å². The summed E-state index contributed by atoms with van der Waals surface area (Å²) >= 11 is 6.08. The molecule has 2 aromatic carbocycles. The molecule has 0 unspecified atom stereocenters. The maximum absolute atomic E-state index is 13.1. The third kappa shape index (κ3) is 2.90. The minimum Gasteiger partial charge on any atom is -0.495 e. The molecule has 1 saturated heterocycles. The molecule has 2 aromatic rings. The summed E-state index contributed by atoms with van der Waals surface area (Å²) in [4.78, 5) is 12.9. The van der Waals surface area contributed by atoms with Gasteiger partial charge in [-0.1, -0.05) is 41.9 Å². The van der Waals surface area contributed by atoms with Crippen LogP contribution in [0.15, 0.2) is 48.5 Å². The van der Waals surface area contributed by atoms with Crippen molar-refractivity contribution in [3.63, 3.8) is 0 Å². The van der Waals surface area contributed by atoms with Crippen LogP contribution in [0.1, 0.15) is 12.0 Å². The Labute approximate surface area is 163 Å². The SMILES string of the molecule is COc1ccc(NC(=O)[C@]23C[C@H]2CN(Cc2ccccc2)S3(=O)=O)cc1Cl. The Morgan fingerprint density at radius 2 is 2.04 bits per heavy atom. The van der Waals surface area contributed by atoms with Crippen LogP contribution in [0, 0.1) is 5.92 Å². The van der Waals surface area contributed by atoms with Crippen LogP contribution in [0.25, 0.3) is 0 Å². The van der Waals surface area contributed by atoms with Gasteiger partial charge in [-0.3, -0.25) is 4.79 Å². The van der Waals surface area contributed by atoms with Crippen LogP contribution in [-0.2, 0) is 21.4 Å². The first kappa shape index (κ1) is 18.3. The van der Waals surface area contributed by atoms with Gasteiger partial charge in [-0.05, 0) is 30.2 Å². The number of nitrogens with zero attached hydrogens (tertiary/aromatic N) is 1. The molecule has 0 radical (unpaired) electrons. The minimum absolute atomic E-state index is 0.181. The van der Waals surface area contributed by atoms with Crippen molar-refractivity contribution in [2.24, 2.45) is 5.92 Å². The highest BCUT2D eigenvalue weighted by Gasteiger charge is 2.75. The second kappa shape index (κ2) is 6.51. The smallest absolute Gasteiger partial charge is 0.247 e. The van der Waals surface area contributed by atoms with Crippen LogP contribution >= 0.6 is 11.6 Å². The summed E-state index contributed by atoms with van der Waals surface area (Å²) in [5.41, 5.74) is 1.35. The Hall–Kier alpha value is -2.09. The van der Waals surface area contributed by atoms with Crippen molar-refractivity contribution in [2.75, 3.05) is 19.0 Å². The van der Waals surface area contributed by atoms with E-state index in [2.05, 4.69) is 5.32 Å². The number of methoxy groups -OCH3 is 1. The van der Waals surface area contributed by atoms with Gasteiger partial charge in [0, 0.05) is 24.7 Å². The number of ether oxygens (including phenoxy) is 1. The van der Waals surface area contributed by atoms with Gasteiger partial charge in [0.15, 0.2) is 4.75 Å². The van der Waals surface area contributed by atoms with Crippen molar-refractivity contribution in [2.45, 2.75) is 17.7 Å². The van der Waals surface area contributed by atoms with Gasteiger partial charge < -0.3 is 10.1 Å². The molecule has 2 fully saturated rings. The van der Waals surface area contributed by atoms with E-state index < -0.39 is 20.7 Å². The molecule has 2 atom stereocenters. The van der Waals surface area contributed by atoms with Crippen molar-refractivity contribution in [3.8, 4) is 5.75 Å². The molecular formula is C19H19ClN2O4S. The summed E-state index contributed by atoms with van der Waals surface area (Å²) in [6, 6.07) is 14.2. The first-order valence-corrected chi connectivity index (χ1v) is 10.4. The lowest BCUT2D eigenvalue weighted by atomic mass is 10.2. The Bertz CT molecular complexity index is 996. The summed E-state index contributed by atoms with van der Waals surface area (Å²) in [6.45, 7) is 0.650. The average molecular weight is 407 g/mol. The second-order valence-corrected chi connectivity index (χ2v) is 9.48. The zero-order valence-corrected chi connectivity index (χ0v) is 16.3. The van der Waals surface area contributed by atoms with E-state index in [-0.39, 0.29) is 12.5 Å². The molecule has 0 bridgehead atoms. The van der Waals surface area contributed by atoms with Gasteiger partial charge in [0.05, 0.1) is 12.1 Å². The van der Waals surface area contributed by atoms with Gasteiger partial charge in [0.25, 0.3) is 0 Å². The molecule has 1 amide bonds. The molecule has 1 aliphatic heterocycles. The Morgan fingerprint density at radius 1 is 1.30 bits per heavy atom. The number of hydrogen-bond donors (Lipinski definition) is 1. The highest BCUT2D eigenvalue weighted by atomic mass is 35.5. The standard InChI is InChI=1S/C19H19ClN2O4S/c1-26-17-8-7-15(9-16(17)20)21-18(23)19-10-14(19)12-22(27(19,24)25)11-13-5-3-2-4-6-13/h2-9,14H,10-12H2,1H3,(H,21,23)/t14-,19-/m0/s1. The fourth-order valence-electron chi connectivity index (χ4n) is 3.72. The van der Waals surface area contributed by atoms with Crippen molar-refractivity contribution in [1.82, 2.24) is 4.31 Å². The summed E-state index contributed by atoms with van der Waals surface area (Å²) in [5.74, 6) is -0.191. The predicted octanol–water partition coefficient (Wildman–Crippen LogP) is 2.89. The molecule has 1 N–H and O–H groups in total. The molecule has 27 heavy (non-hydrogen) atoms. The number of hydrogen-bond acceptors (Lipinski definition) is 4. The first-order chi connectivity index (χ1) is 12.9. The summed E-state index contributed by atoms with van der Waals surface area (Å²) in [5, 5.41) is 3.06. The zero-order chi connectivity index (χ0) is 19.2. The minimum atomic E-state index is -3.73. The summed E-state index contributed by atoms with van der Waals surface area (Å²) in [7, 11) is -2.23. The average Bonchev–Trinajstić information content (AvgIpc) is 3.33. The number of carbonyl (C=O) groups is 1. The van der Waals surface area contributed by atoms with Gasteiger partial charge in [0.1, 0.15) is 5.75 Å². The van der Waals surface area contributed by atoms with Crippen LogP contribution in [0.4, 0.5) is 5.69 Å². The van der Waals surface area contributed by atoms with Gasteiger partial charge in [-0.25, -0.2) is 8.42 Å². The normalized spacial score (nSPS) is 25.6. The molecule has 1 saturated carbocycles. The van der Waals surface area contributed by atoms with Crippen LogP contribution in [0.5, 0.6) is 5.75 Å². The highest BCUT2D eigenvalue weighted by molar-refractivity contribution is 7.92. The summed E-state index contributed by atoms with van der Waals surface area (Å²) < 4.78 is 31.3. The fraction of sp³-hybridized carbons (Fsp3) is 0.316. The molecule has 142 valence electrons. The monoisotopic (exact) mass is 406 g/mol. The maximum Gasteiger partial charge on any atom is 0.247 e. The first-order valence-electron chi connectivity index (χ1n) is 8.57. The quantitative estimate of drug-likeness (QED) is 0.828. The van der Waals surface area contributed by atoms with E-state index in [4.69, 9.17) is 16.3 Å². The Balaban J connectivity index is 1.54. The van der Waals surface area contributed by atoms with Crippen molar-refractivity contribution in [3.05, 3.63) is 59.1 Å². The number of amides is 1. The topological polar surface area (TPSA) is 75.7 Å². The molecule has 6 nitrogen and oxygen atoms in total. The van der Waals surface area contributed by atoms with Crippen molar-refractivity contribution in [1.29, 1.82) is 0 Å². The maximum atomic E-state index is 13.1. The number of rotatable bonds is 5. The number of halogens is 1. The van der Waals surface area contributed by atoms with Gasteiger partial charge in [-0.15, -0.1) is 0 Å². The van der Waals surface area contributed by atoms with Crippen LogP contribution in [-0.4, -0.2) is 37.0 Å². The number of anilines is 1. The fourth-order valence-corrected chi connectivity index (χ4v) is 6.33. The van der Waals surface area contributed by atoms with E-state index in [0.29, 0.717) is 29.4 Å². The van der Waals surface area contributed by atoms with E-state index in [1.54, 1.807) is 18.2 Å². The molecule has 2 aliphatic rings. The van der Waals surface area contributed by atoms with Crippen LogP contribution in [0.3, 0.4) is 0 Å². The van der Waals surface area contributed by atoms with Crippen molar-refractivity contribution >= 4 is 33.2 Å². The molecule has 4 rings (SSSR count). The molecule has 0 aromatic heterocycles. The molecule has 0 spiro atoms. The van der Waals surface area contributed by atoms with E-state index in [9.17, 15) is 13.2 Å². The number of fused-ring (bicyclic) bond motifs is 1. The van der Waals surface area contributed by atoms with Gasteiger partial charge >= 0.3 is 0 Å². The zero-order valence-electron chi connectivity index (χ0n) is 14.7. The predicted molar refractivity (Wildman–Crippen MR) is 103 cm³/mol. The van der Waals surface area contributed by atoms with Crippen LogP contribution < -0.4 is 10.1 Å². The van der Waals surface area contributed by atoms with E-state index in [1.165, 1.54) is 11.4 Å². The molecule has 8 heteroatoms. The lowest BCUT2D eigenvalue weighted by molar-refractivity contribution is -0.116. The highest BCUT2D eigenvalue weighted by Crippen LogP contribution is 2.58. The van der Waals surface area contributed by atoms with Gasteiger partial charge in [0.2, 0.25) is 15.9 Å². The van der Waals surface area contributed by atoms with Crippen molar-refractivity contribution < 1.29 is 17.9 Å². The summed E-state index contributed by atoms with van der Waals surface area (Å²) in [6.07, 6.45) is 0.357. The second-order valence-electron chi connectivity index (χ2n) is 6.88. The third-order valence-corrected chi connectivity index (χ3v) is 8.13.